The normalized spacial score (nSPS) is 11.2. The van der Waals surface area contributed by atoms with Crippen LogP contribution >= 0.6 is 11.6 Å². The zero-order chi connectivity index (χ0) is 20.2. The molecule has 0 aromatic heterocycles. The third-order valence-electron chi connectivity index (χ3n) is 4.49. The van der Waals surface area contributed by atoms with Crippen LogP contribution < -0.4 is 10.2 Å². The number of rotatable bonds is 5. The number of halogens is 2. The molecule has 6 heteroatoms. The summed E-state index contributed by atoms with van der Waals surface area (Å²) in [6.45, 7) is -0.347. The number of hydrogen-bond acceptors (Lipinski definition) is 3. The molecule has 0 bridgehead atoms. The fraction of sp³-hybridized carbons (Fsp3) is 0.0435. The van der Waals surface area contributed by atoms with Crippen LogP contribution in [0.15, 0.2) is 77.9 Å². The minimum atomic E-state index is -0.525. The Hall–Kier alpha value is -3.44. The van der Waals surface area contributed by atoms with Gasteiger partial charge in [0.2, 0.25) is 0 Å². The lowest BCUT2D eigenvalue weighted by Gasteiger charge is -2.10. The predicted octanol–water partition coefficient (Wildman–Crippen LogP) is 5.31. The molecule has 0 aliphatic rings. The Labute approximate surface area is 171 Å². The van der Waals surface area contributed by atoms with Gasteiger partial charge in [-0.2, -0.15) is 5.10 Å². The number of ether oxygens (including phenoxy) is 1. The first-order valence-corrected chi connectivity index (χ1v) is 9.31. The predicted molar refractivity (Wildman–Crippen MR) is 114 cm³/mol. The maximum absolute atomic E-state index is 13.5. The Bertz CT molecular complexity index is 1180. The molecule has 4 nitrogen and oxygen atoms in total. The monoisotopic (exact) mass is 406 g/mol. The van der Waals surface area contributed by atoms with Crippen molar-refractivity contribution in [3.63, 3.8) is 0 Å². The smallest absolute Gasteiger partial charge is 0.277 e. The summed E-state index contributed by atoms with van der Waals surface area (Å²) < 4.78 is 18.7. The van der Waals surface area contributed by atoms with E-state index < -0.39 is 11.7 Å². The van der Waals surface area contributed by atoms with Crippen LogP contribution in [0.5, 0.6) is 5.75 Å². The molecule has 0 aliphatic carbocycles. The molecule has 0 saturated carbocycles. The molecule has 1 amide bonds. The van der Waals surface area contributed by atoms with Crippen molar-refractivity contribution in [3.05, 3.63) is 89.2 Å². The number of nitrogens with one attached hydrogen (secondary N) is 1. The highest BCUT2D eigenvalue weighted by molar-refractivity contribution is 6.42. The first-order chi connectivity index (χ1) is 14.1. The average molecular weight is 407 g/mol. The summed E-state index contributed by atoms with van der Waals surface area (Å²) in [5, 5.41) is 8.41. The van der Waals surface area contributed by atoms with Crippen molar-refractivity contribution in [1.82, 2.24) is 5.43 Å². The van der Waals surface area contributed by atoms with Gasteiger partial charge in [-0.05, 0) is 22.9 Å². The highest BCUT2D eigenvalue weighted by atomic mass is 35.5. The summed E-state index contributed by atoms with van der Waals surface area (Å²) in [6.07, 6.45) is 1.59. The van der Waals surface area contributed by atoms with Crippen molar-refractivity contribution in [2.75, 3.05) is 6.61 Å². The molecule has 0 heterocycles. The van der Waals surface area contributed by atoms with Crippen LogP contribution in [0.4, 0.5) is 4.39 Å². The highest BCUT2D eigenvalue weighted by Crippen LogP contribution is 2.35. The minimum absolute atomic E-state index is 0.0151. The van der Waals surface area contributed by atoms with E-state index in [4.69, 9.17) is 16.3 Å². The van der Waals surface area contributed by atoms with Gasteiger partial charge in [0.25, 0.3) is 5.91 Å². The number of hydrazone groups is 1. The van der Waals surface area contributed by atoms with Crippen molar-refractivity contribution in [1.29, 1.82) is 0 Å². The lowest BCUT2D eigenvalue weighted by molar-refractivity contribution is -0.123. The maximum Gasteiger partial charge on any atom is 0.277 e. The molecule has 0 saturated heterocycles. The fourth-order valence-corrected chi connectivity index (χ4v) is 3.48. The Morgan fingerprint density at radius 1 is 0.931 bits per heavy atom. The van der Waals surface area contributed by atoms with E-state index in [1.54, 1.807) is 18.3 Å². The second-order valence-electron chi connectivity index (χ2n) is 6.33. The Morgan fingerprint density at radius 2 is 1.48 bits per heavy atom. The van der Waals surface area contributed by atoms with E-state index in [0.29, 0.717) is 5.02 Å². The van der Waals surface area contributed by atoms with Gasteiger partial charge in [-0.3, -0.25) is 4.79 Å². The third kappa shape index (κ3) is 3.91. The maximum atomic E-state index is 13.5. The Kier molecular flexibility index (Phi) is 5.40. The van der Waals surface area contributed by atoms with E-state index >= 15 is 0 Å². The van der Waals surface area contributed by atoms with E-state index in [2.05, 4.69) is 10.5 Å². The molecule has 4 rings (SSSR count). The molecule has 29 heavy (non-hydrogen) atoms. The van der Waals surface area contributed by atoms with Gasteiger partial charge in [0.05, 0.1) is 11.2 Å². The average Bonchev–Trinajstić information content (AvgIpc) is 2.75. The van der Waals surface area contributed by atoms with Crippen LogP contribution in [-0.2, 0) is 4.79 Å². The molecular formula is C23H16ClFN2O2. The van der Waals surface area contributed by atoms with Crippen LogP contribution in [-0.4, -0.2) is 18.7 Å². The van der Waals surface area contributed by atoms with Gasteiger partial charge in [0.1, 0.15) is 0 Å². The van der Waals surface area contributed by atoms with E-state index in [-0.39, 0.29) is 12.4 Å². The summed E-state index contributed by atoms with van der Waals surface area (Å²) in [6, 6.07) is 21.4. The zero-order valence-electron chi connectivity index (χ0n) is 15.2. The van der Waals surface area contributed by atoms with E-state index in [0.717, 1.165) is 27.1 Å². The third-order valence-corrected chi connectivity index (χ3v) is 4.89. The summed E-state index contributed by atoms with van der Waals surface area (Å²) in [5.41, 5.74) is 3.26. The first-order valence-electron chi connectivity index (χ1n) is 8.93. The number of nitrogens with zero attached hydrogens (tertiary/aromatic N) is 1. The quantitative estimate of drug-likeness (QED) is 0.277. The molecule has 0 atom stereocenters. The Balaban J connectivity index is 1.57. The largest absolute Gasteiger partial charge is 0.481 e. The minimum Gasteiger partial charge on any atom is -0.481 e. The summed E-state index contributed by atoms with van der Waals surface area (Å²) in [4.78, 5) is 12.0. The Morgan fingerprint density at radius 3 is 2.10 bits per heavy atom. The van der Waals surface area contributed by atoms with E-state index in [1.165, 1.54) is 12.1 Å². The lowest BCUT2D eigenvalue weighted by Crippen LogP contribution is -2.24. The van der Waals surface area contributed by atoms with Crippen LogP contribution in [0.25, 0.3) is 21.5 Å². The molecule has 4 aromatic carbocycles. The number of fused-ring (bicyclic) bond motifs is 2. The van der Waals surface area contributed by atoms with Crippen LogP contribution in [0.1, 0.15) is 5.56 Å². The van der Waals surface area contributed by atoms with Gasteiger partial charge in [-0.1, -0.05) is 72.3 Å². The number of hydrogen-bond donors (Lipinski definition) is 1. The van der Waals surface area contributed by atoms with Crippen molar-refractivity contribution in [2.45, 2.75) is 0 Å². The van der Waals surface area contributed by atoms with Gasteiger partial charge in [0.15, 0.2) is 18.2 Å². The van der Waals surface area contributed by atoms with Gasteiger partial charge >= 0.3 is 0 Å². The first kappa shape index (κ1) is 18.9. The molecular weight excluding hydrogens is 391 g/mol. The SMILES string of the molecule is O=C(COc1ccccc1F)NN=Cc1c2ccccc2c(Cl)c2ccccc12. The molecule has 0 radical (unpaired) electrons. The van der Waals surface area contributed by atoms with E-state index in [9.17, 15) is 9.18 Å². The summed E-state index contributed by atoms with van der Waals surface area (Å²) in [7, 11) is 0. The van der Waals surface area contributed by atoms with Crippen LogP contribution in [0.2, 0.25) is 5.02 Å². The van der Waals surface area contributed by atoms with E-state index in [1.807, 2.05) is 48.5 Å². The lowest BCUT2D eigenvalue weighted by atomic mass is 9.97. The molecule has 4 aromatic rings. The second kappa shape index (κ2) is 8.29. The molecule has 1 N–H and O–H groups in total. The second-order valence-corrected chi connectivity index (χ2v) is 6.71. The van der Waals surface area contributed by atoms with Gasteiger partial charge in [0, 0.05) is 16.3 Å². The van der Waals surface area contributed by atoms with Crippen molar-refractivity contribution in [2.24, 2.45) is 5.10 Å². The fourth-order valence-electron chi connectivity index (χ4n) is 3.15. The van der Waals surface area contributed by atoms with Gasteiger partial charge < -0.3 is 4.74 Å². The highest BCUT2D eigenvalue weighted by Gasteiger charge is 2.11. The standard InChI is InChI=1S/C23H16ClFN2O2/c24-23-17-9-3-1-7-15(17)19(16-8-2-4-10-18(16)23)13-26-27-22(28)14-29-21-12-6-5-11-20(21)25/h1-13H,14H2,(H,27,28). The van der Waals surface area contributed by atoms with Gasteiger partial charge in [-0.15, -0.1) is 0 Å². The molecule has 0 spiro atoms. The molecule has 144 valence electrons. The molecule has 0 unspecified atom stereocenters. The van der Waals surface area contributed by atoms with Crippen LogP contribution in [0.3, 0.4) is 0 Å². The number of amides is 1. The van der Waals surface area contributed by atoms with Crippen molar-refractivity contribution < 1.29 is 13.9 Å². The topological polar surface area (TPSA) is 50.7 Å². The zero-order valence-corrected chi connectivity index (χ0v) is 16.0. The number of carbonyl (C=O) groups is 1. The van der Waals surface area contributed by atoms with Crippen molar-refractivity contribution in [3.8, 4) is 5.75 Å². The van der Waals surface area contributed by atoms with Gasteiger partial charge in [-0.25, -0.2) is 9.82 Å². The summed E-state index contributed by atoms with van der Waals surface area (Å²) >= 11 is 6.58. The number of para-hydroxylation sites is 1. The molecule has 0 fully saturated rings. The molecule has 0 aliphatic heterocycles. The van der Waals surface area contributed by atoms with Crippen LogP contribution in [0, 0.1) is 5.82 Å². The number of benzene rings is 4. The van der Waals surface area contributed by atoms with Crippen molar-refractivity contribution >= 4 is 45.3 Å². The summed E-state index contributed by atoms with van der Waals surface area (Å²) in [5.74, 6) is -1.00. The number of carbonyl (C=O) groups excluding carboxylic acids is 1.